The maximum atomic E-state index is 7.65. The molecule has 4 rings (SSSR count). The minimum Gasteiger partial charge on any atom is -0.497 e. The summed E-state index contributed by atoms with van der Waals surface area (Å²) in [7, 11) is 2.01. The van der Waals surface area contributed by atoms with Gasteiger partial charge in [0.25, 0.3) is 0 Å². The molecule has 0 atom stereocenters. The van der Waals surface area contributed by atoms with Gasteiger partial charge in [0, 0.05) is 20.7 Å². The molecule has 204 valence electrons. The first-order valence-corrected chi connectivity index (χ1v) is 16.3. The summed E-state index contributed by atoms with van der Waals surface area (Å²) in [5.41, 5.74) is 4.55. The molecule has 4 aromatic carbocycles. The van der Waals surface area contributed by atoms with Gasteiger partial charge in [-0.15, -0.1) is 0 Å². The minimum atomic E-state index is -2.44. The number of benzene rings is 4. The molecule has 0 N–H and O–H groups in total. The van der Waals surface area contributed by atoms with E-state index in [2.05, 4.69) is 52.0 Å². The summed E-state index contributed by atoms with van der Waals surface area (Å²) in [5.74, 6) is 3.33. The fourth-order valence-corrected chi connectivity index (χ4v) is 13.1. The van der Waals surface area contributed by atoms with E-state index in [9.17, 15) is 0 Å². The van der Waals surface area contributed by atoms with Gasteiger partial charge in [-0.25, -0.2) is 0 Å². The van der Waals surface area contributed by atoms with E-state index in [-0.39, 0.29) is 0 Å². The molecule has 4 aromatic rings. The number of rotatable bonds is 10. The van der Waals surface area contributed by atoms with E-state index in [1.807, 2.05) is 48.5 Å². The Balaban J connectivity index is 2.08. The first kappa shape index (κ1) is 28.5. The van der Waals surface area contributed by atoms with Crippen LogP contribution in [0.1, 0.15) is 22.3 Å². The van der Waals surface area contributed by atoms with Crippen molar-refractivity contribution in [3.63, 3.8) is 0 Å². The van der Waals surface area contributed by atoms with Crippen molar-refractivity contribution >= 4 is 38.8 Å². The van der Waals surface area contributed by atoms with Gasteiger partial charge in [0.05, 0.1) is 28.4 Å². The molecule has 0 aromatic heterocycles. The van der Waals surface area contributed by atoms with Crippen LogP contribution >= 0.6 is 0 Å². The van der Waals surface area contributed by atoms with Crippen LogP contribution in [0.15, 0.2) is 72.8 Å². The molecule has 0 saturated carbocycles. The van der Waals surface area contributed by atoms with Crippen LogP contribution in [0, 0.1) is 27.7 Å². The summed E-state index contributed by atoms with van der Waals surface area (Å²) >= 11 is 0. The lowest BCUT2D eigenvalue weighted by molar-refractivity contribution is 0.413. The number of hydrogen-bond acceptors (Lipinski definition) is 5. The number of methoxy groups -OCH3 is 4. The molecule has 5 nitrogen and oxygen atoms in total. The van der Waals surface area contributed by atoms with Crippen LogP contribution < -0.4 is 39.7 Å². The van der Waals surface area contributed by atoms with E-state index >= 15 is 0 Å². The lowest BCUT2D eigenvalue weighted by Crippen LogP contribution is -2.58. The van der Waals surface area contributed by atoms with Crippen LogP contribution in [0.3, 0.4) is 0 Å². The Labute approximate surface area is 235 Å². The van der Waals surface area contributed by atoms with Crippen LogP contribution in [0.4, 0.5) is 0 Å². The Morgan fingerprint density at radius 2 is 0.615 bits per heavy atom. The van der Waals surface area contributed by atoms with E-state index in [0.29, 0.717) is 0 Å². The van der Waals surface area contributed by atoms with Gasteiger partial charge in [0.15, 0.2) is 0 Å². The van der Waals surface area contributed by atoms with Crippen LogP contribution in [0.25, 0.3) is 0 Å². The average molecular weight is 559 g/mol. The fourth-order valence-electron chi connectivity index (χ4n) is 5.37. The summed E-state index contributed by atoms with van der Waals surface area (Å²) < 4.78 is 31.5. The summed E-state index contributed by atoms with van der Waals surface area (Å²) in [6, 6.07) is 24.7. The standard InChI is InChI=1S/C32H38O5Si2/c1-21-13-9-17-25(33-5)29(21)38(30-22(2)14-10-18-26(30)34-6)37-39(31-23(3)15-11-19-27(31)35-7)32-24(4)16-12-20-28(32)36-8/h9-20,38-39H,1-8H3. The second kappa shape index (κ2) is 12.6. The molecule has 39 heavy (non-hydrogen) atoms. The molecule has 0 fully saturated rings. The van der Waals surface area contributed by atoms with Crippen molar-refractivity contribution in [2.24, 2.45) is 0 Å². The van der Waals surface area contributed by atoms with Crippen molar-refractivity contribution < 1.29 is 23.1 Å². The number of hydrogen-bond donors (Lipinski definition) is 0. The SMILES string of the molecule is COc1cccc(C)c1[SiH](O[SiH](c1c(C)cccc1OC)c1c(C)cccc1OC)c1c(C)cccc1OC. The first-order chi connectivity index (χ1) is 18.9. The molecular weight excluding hydrogens is 521 g/mol. The molecule has 0 heterocycles. The van der Waals surface area contributed by atoms with Crippen molar-refractivity contribution in [3.8, 4) is 23.0 Å². The van der Waals surface area contributed by atoms with Gasteiger partial charge in [-0.3, -0.25) is 0 Å². The lowest BCUT2D eigenvalue weighted by atomic mass is 10.2. The highest BCUT2D eigenvalue weighted by atomic mass is 28.4. The maximum Gasteiger partial charge on any atom is 0.236 e. The Morgan fingerprint density at radius 3 is 0.821 bits per heavy atom. The molecule has 0 amide bonds. The van der Waals surface area contributed by atoms with E-state index in [0.717, 1.165) is 66.0 Å². The third-order valence-corrected chi connectivity index (χ3v) is 14.6. The number of ether oxygens (including phenoxy) is 4. The zero-order valence-electron chi connectivity index (χ0n) is 24.1. The first-order valence-electron chi connectivity index (χ1n) is 13.1. The summed E-state index contributed by atoms with van der Waals surface area (Å²) in [4.78, 5) is 0. The number of aryl methyl sites for hydroxylation is 4. The van der Waals surface area contributed by atoms with E-state index < -0.39 is 18.1 Å². The molecule has 0 aliphatic rings. The van der Waals surface area contributed by atoms with Gasteiger partial charge in [-0.1, -0.05) is 48.5 Å². The van der Waals surface area contributed by atoms with Gasteiger partial charge in [0.2, 0.25) is 18.1 Å². The van der Waals surface area contributed by atoms with Gasteiger partial charge >= 0.3 is 0 Å². The lowest BCUT2D eigenvalue weighted by Gasteiger charge is -2.31. The maximum absolute atomic E-state index is 7.65. The average Bonchev–Trinajstić information content (AvgIpc) is 2.94. The van der Waals surface area contributed by atoms with Crippen LogP contribution in [0.2, 0.25) is 0 Å². The largest absolute Gasteiger partial charge is 0.497 e. The normalized spacial score (nSPS) is 11.1. The molecular formula is C32H38O5Si2. The molecule has 0 saturated heterocycles. The molecule has 0 aliphatic heterocycles. The Hall–Kier alpha value is -3.53. The summed E-state index contributed by atoms with van der Waals surface area (Å²) in [5, 5.41) is 4.46. The van der Waals surface area contributed by atoms with Crippen molar-refractivity contribution in [3.05, 3.63) is 95.1 Å². The Bertz CT molecular complexity index is 1240. The van der Waals surface area contributed by atoms with Crippen molar-refractivity contribution in [1.29, 1.82) is 0 Å². The van der Waals surface area contributed by atoms with Crippen molar-refractivity contribution in [2.75, 3.05) is 28.4 Å². The topological polar surface area (TPSA) is 46.2 Å². The fraction of sp³-hybridized carbons (Fsp3) is 0.250. The quantitative estimate of drug-likeness (QED) is 0.280. The molecule has 0 aliphatic carbocycles. The third kappa shape index (κ3) is 5.61. The van der Waals surface area contributed by atoms with Gasteiger partial charge in [-0.05, 0) is 74.2 Å². The monoisotopic (exact) mass is 558 g/mol. The highest BCUT2D eigenvalue weighted by Crippen LogP contribution is 2.22. The zero-order valence-corrected chi connectivity index (χ0v) is 26.4. The molecule has 0 bridgehead atoms. The molecule has 0 radical (unpaired) electrons. The second-order valence-corrected chi connectivity index (χ2v) is 14.6. The van der Waals surface area contributed by atoms with Gasteiger partial charge in [-0.2, -0.15) is 0 Å². The zero-order chi connectivity index (χ0) is 28.1. The molecule has 0 spiro atoms. The highest BCUT2D eigenvalue weighted by Gasteiger charge is 2.36. The van der Waals surface area contributed by atoms with Crippen molar-refractivity contribution in [2.45, 2.75) is 27.7 Å². The molecule has 0 unspecified atom stereocenters. The smallest absolute Gasteiger partial charge is 0.236 e. The predicted octanol–water partition coefficient (Wildman–Crippen LogP) is 3.35. The van der Waals surface area contributed by atoms with E-state index in [4.69, 9.17) is 23.1 Å². The third-order valence-electron chi connectivity index (χ3n) is 7.34. The predicted molar refractivity (Wildman–Crippen MR) is 165 cm³/mol. The van der Waals surface area contributed by atoms with Crippen LogP contribution in [-0.4, -0.2) is 46.5 Å². The minimum absolute atomic E-state index is 0.832. The van der Waals surface area contributed by atoms with Crippen LogP contribution in [0.5, 0.6) is 23.0 Å². The van der Waals surface area contributed by atoms with Crippen molar-refractivity contribution in [1.82, 2.24) is 0 Å². The highest BCUT2D eigenvalue weighted by molar-refractivity contribution is 6.93. The van der Waals surface area contributed by atoms with Gasteiger partial charge < -0.3 is 23.1 Å². The van der Waals surface area contributed by atoms with Gasteiger partial charge in [0.1, 0.15) is 23.0 Å². The van der Waals surface area contributed by atoms with Crippen LogP contribution in [-0.2, 0) is 4.12 Å². The molecule has 7 heteroatoms. The summed E-state index contributed by atoms with van der Waals surface area (Å²) in [6.45, 7) is 8.52. The Kier molecular flexibility index (Phi) is 9.17. The van der Waals surface area contributed by atoms with E-state index in [1.54, 1.807) is 28.4 Å². The second-order valence-electron chi connectivity index (χ2n) is 9.66. The Morgan fingerprint density at radius 1 is 0.385 bits per heavy atom. The summed E-state index contributed by atoms with van der Waals surface area (Å²) in [6.07, 6.45) is 0. The van der Waals surface area contributed by atoms with E-state index in [1.165, 1.54) is 0 Å².